The summed E-state index contributed by atoms with van der Waals surface area (Å²) < 4.78 is 13.6. The van der Waals surface area contributed by atoms with E-state index in [1.54, 1.807) is 24.3 Å². The van der Waals surface area contributed by atoms with E-state index in [0.717, 1.165) is 10.8 Å². The van der Waals surface area contributed by atoms with Crippen LogP contribution in [-0.4, -0.2) is 10.1 Å². The third-order valence-corrected chi connectivity index (χ3v) is 4.32. The largest absolute Gasteiger partial charge is 0.507 e. The molecule has 1 aromatic heterocycles. The molecule has 3 nitrogen and oxygen atoms in total. The highest BCUT2D eigenvalue weighted by atomic mass is 19.1. The highest BCUT2D eigenvalue weighted by molar-refractivity contribution is 5.99. The molecular formula is C22H13FN2O. The number of nitrogens with zero attached hydrogens (tertiary/aromatic N) is 2. The Hall–Kier alpha value is -3.71. The van der Waals surface area contributed by atoms with Crippen molar-refractivity contribution < 1.29 is 9.50 Å². The second-order valence-corrected chi connectivity index (χ2v) is 5.92. The van der Waals surface area contributed by atoms with Crippen LogP contribution in [0.3, 0.4) is 0 Å². The predicted molar refractivity (Wildman–Crippen MR) is 99.0 cm³/mol. The van der Waals surface area contributed by atoms with Gasteiger partial charge in [0.2, 0.25) is 0 Å². The van der Waals surface area contributed by atoms with Gasteiger partial charge in [0.05, 0.1) is 11.3 Å². The molecule has 0 atom stereocenters. The molecule has 1 N–H and O–H groups in total. The minimum atomic E-state index is -0.377. The fourth-order valence-electron chi connectivity index (χ4n) is 3.11. The van der Waals surface area contributed by atoms with Crippen LogP contribution in [0.15, 0.2) is 72.9 Å². The van der Waals surface area contributed by atoms with E-state index in [4.69, 9.17) is 0 Å². The van der Waals surface area contributed by atoms with Crippen molar-refractivity contribution in [1.82, 2.24) is 4.98 Å². The maximum absolute atomic E-state index is 13.6. The van der Waals surface area contributed by atoms with Crippen molar-refractivity contribution in [2.75, 3.05) is 0 Å². The molecule has 0 bridgehead atoms. The molecule has 26 heavy (non-hydrogen) atoms. The maximum atomic E-state index is 13.6. The van der Waals surface area contributed by atoms with E-state index in [9.17, 15) is 14.8 Å². The Labute approximate surface area is 149 Å². The summed E-state index contributed by atoms with van der Waals surface area (Å²) >= 11 is 0. The summed E-state index contributed by atoms with van der Waals surface area (Å²) in [5.74, 6) is -0.274. The van der Waals surface area contributed by atoms with Gasteiger partial charge in [-0.15, -0.1) is 0 Å². The summed E-state index contributed by atoms with van der Waals surface area (Å²) in [6, 6.07) is 21.0. The van der Waals surface area contributed by atoms with Crippen molar-refractivity contribution in [2.45, 2.75) is 0 Å². The van der Waals surface area contributed by atoms with E-state index < -0.39 is 0 Å². The molecule has 0 unspecified atom stereocenters. The molecule has 4 aromatic rings. The normalized spacial score (nSPS) is 10.6. The zero-order valence-corrected chi connectivity index (χ0v) is 13.6. The van der Waals surface area contributed by atoms with Gasteiger partial charge in [-0.2, -0.15) is 5.26 Å². The maximum Gasteiger partial charge on any atom is 0.125 e. The summed E-state index contributed by atoms with van der Waals surface area (Å²) in [5.41, 5.74) is 2.62. The van der Waals surface area contributed by atoms with E-state index >= 15 is 0 Å². The highest BCUT2D eigenvalue weighted by Crippen LogP contribution is 2.37. The lowest BCUT2D eigenvalue weighted by Crippen LogP contribution is -1.92. The van der Waals surface area contributed by atoms with E-state index in [-0.39, 0.29) is 11.6 Å². The minimum Gasteiger partial charge on any atom is -0.507 e. The van der Waals surface area contributed by atoms with Crippen LogP contribution < -0.4 is 0 Å². The van der Waals surface area contributed by atoms with Gasteiger partial charge in [0.1, 0.15) is 17.6 Å². The lowest BCUT2D eigenvalue weighted by molar-refractivity contribution is 0.478. The van der Waals surface area contributed by atoms with E-state index in [1.807, 2.05) is 30.3 Å². The molecule has 4 heteroatoms. The summed E-state index contributed by atoms with van der Waals surface area (Å²) in [4.78, 5) is 4.36. The van der Waals surface area contributed by atoms with Crippen LogP contribution in [0.2, 0.25) is 0 Å². The van der Waals surface area contributed by atoms with Gasteiger partial charge in [0.25, 0.3) is 0 Å². The molecule has 4 rings (SSSR count). The van der Waals surface area contributed by atoms with Crippen LogP contribution in [0, 0.1) is 17.1 Å². The molecule has 0 amide bonds. The van der Waals surface area contributed by atoms with Gasteiger partial charge in [0, 0.05) is 17.3 Å². The molecule has 0 radical (unpaired) electrons. The van der Waals surface area contributed by atoms with Crippen molar-refractivity contribution in [2.24, 2.45) is 0 Å². The van der Waals surface area contributed by atoms with E-state index in [2.05, 4.69) is 11.1 Å². The van der Waals surface area contributed by atoms with Gasteiger partial charge >= 0.3 is 0 Å². The topological polar surface area (TPSA) is 56.9 Å². The molecule has 3 aromatic carbocycles. The van der Waals surface area contributed by atoms with Gasteiger partial charge in [-0.1, -0.05) is 42.5 Å². The zero-order valence-electron chi connectivity index (χ0n) is 13.6. The zero-order chi connectivity index (χ0) is 18.1. The lowest BCUT2D eigenvalue weighted by Gasteiger charge is -2.11. The number of phenols is 1. The first-order valence-electron chi connectivity index (χ1n) is 8.04. The van der Waals surface area contributed by atoms with Crippen LogP contribution >= 0.6 is 0 Å². The monoisotopic (exact) mass is 340 g/mol. The molecule has 0 aliphatic heterocycles. The van der Waals surface area contributed by atoms with Gasteiger partial charge in [0.15, 0.2) is 0 Å². The molecule has 0 fully saturated rings. The van der Waals surface area contributed by atoms with Crippen LogP contribution in [-0.2, 0) is 0 Å². The average Bonchev–Trinajstić information content (AvgIpc) is 2.67. The van der Waals surface area contributed by atoms with Gasteiger partial charge in [-0.3, -0.25) is 4.98 Å². The van der Waals surface area contributed by atoms with Crippen molar-refractivity contribution in [1.29, 1.82) is 5.26 Å². The van der Waals surface area contributed by atoms with Gasteiger partial charge < -0.3 is 5.11 Å². The molecule has 0 aliphatic carbocycles. The fourth-order valence-corrected chi connectivity index (χ4v) is 3.11. The highest BCUT2D eigenvalue weighted by Gasteiger charge is 2.14. The molecule has 1 heterocycles. The van der Waals surface area contributed by atoms with Gasteiger partial charge in [-0.25, -0.2) is 4.39 Å². The Morgan fingerprint density at radius 3 is 2.62 bits per heavy atom. The van der Waals surface area contributed by atoms with Crippen LogP contribution in [0.1, 0.15) is 5.56 Å². The number of aromatic hydroxyl groups is 1. The Balaban J connectivity index is 1.99. The van der Waals surface area contributed by atoms with Crippen molar-refractivity contribution in [3.8, 4) is 34.2 Å². The van der Waals surface area contributed by atoms with Crippen molar-refractivity contribution in [3.63, 3.8) is 0 Å². The van der Waals surface area contributed by atoms with E-state index in [0.29, 0.717) is 27.9 Å². The first-order chi connectivity index (χ1) is 12.7. The molecule has 0 saturated carbocycles. The number of halogens is 1. The number of nitriles is 1. The molecule has 124 valence electrons. The standard InChI is InChI=1S/C22H13FN2O/c23-17-6-3-5-15(10-17)19-11-20(25-13-16(19)12-24)22-18-7-2-1-4-14(18)8-9-21(22)26/h1-11,13,26H. The van der Waals surface area contributed by atoms with Crippen molar-refractivity contribution in [3.05, 3.63) is 84.3 Å². The van der Waals surface area contributed by atoms with E-state index in [1.165, 1.54) is 18.3 Å². The molecule has 0 aliphatic rings. The number of fused-ring (bicyclic) bond motifs is 1. The number of benzene rings is 3. The fraction of sp³-hybridized carbons (Fsp3) is 0. The Bertz CT molecular complexity index is 1180. The Morgan fingerprint density at radius 1 is 0.962 bits per heavy atom. The summed E-state index contributed by atoms with van der Waals surface area (Å²) in [5, 5.41) is 21.7. The molecule has 0 saturated heterocycles. The lowest BCUT2D eigenvalue weighted by atomic mass is 9.96. The number of rotatable bonds is 2. The summed E-state index contributed by atoms with van der Waals surface area (Å²) in [7, 11) is 0. The summed E-state index contributed by atoms with van der Waals surface area (Å²) in [6.07, 6.45) is 1.46. The first kappa shape index (κ1) is 15.8. The Kier molecular flexibility index (Phi) is 3.83. The smallest absolute Gasteiger partial charge is 0.125 e. The summed E-state index contributed by atoms with van der Waals surface area (Å²) in [6.45, 7) is 0. The Morgan fingerprint density at radius 2 is 1.81 bits per heavy atom. The van der Waals surface area contributed by atoms with Gasteiger partial charge in [-0.05, 0) is 40.6 Å². The average molecular weight is 340 g/mol. The second-order valence-electron chi connectivity index (χ2n) is 5.92. The third-order valence-electron chi connectivity index (χ3n) is 4.32. The third kappa shape index (κ3) is 2.66. The number of phenolic OH excluding ortho intramolecular Hbond substituents is 1. The predicted octanol–water partition coefficient (Wildman–Crippen LogP) is 5.29. The second kappa shape index (κ2) is 6.30. The number of pyridine rings is 1. The van der Waals surface area contributed by atoms with Crippen LogP contribution in [0.25, 0.3) is 33.2 Å². The SMILES string of the molecule is N#Cc1cnc(-c2c(O)ccc3ccccc23)cc1-c1cccc(F)c1. The molecular weight excluding hydrogens is 327 g/mol. The first-order valence-corrected chi connectivity index (χ1v) is 8.04. The number of hydrogen-bond acceptors (Lipinski definition) is 3. The minimum absolute atomic E-state index is 0.103. The molecule has 0 spiro atoms. The van der Waals surface area contributed by atoms with Crippen LogP contribution in [0.4, 0.5) is 4.39 Å². The van der Waals surface area contributed by atoms with Crippen LogP contribution in [0.5, 0.6) is 5.75 Å². The quantitative estimate of drug-likeness (QED) is 0.540. The number of aromatic nitrogens is 1. The number of hydrogen-bond donors (Lipinski definition) is 1. The van der Waals surface area contributed by atoms with Crippen molar-refractivity contribution >= 4 is 10.8 Å².